The largest absolute Gasteiger partial charge is 0.339 e. The van der Waals surface area contributed by atoms with E-state index in [1.54, 1.807) is 11.9 Å². The molecule has 0 spiro atoms. The highest BCUT2D eigenvalue weighted by atomic mass is 16.2. The summed E-state index contributed by atoms with van der Waals surface area (Å²) in [4.78, 5) is 41.8. The minimum absolute atomic E-state index is 0.0925. The molecular formula is C19H23N3O3. The molecule has 1 saturated heterocycles. The van der Waals surface area contributed by atoms with Crippen LogP contribution in [0.2, 0.25) is 0 Å². The highest BCUT2D eigenvalue weighted by Gasteiger charge is 2.35. The maximum absolute atomic E-state index is 12.6. The highest BCUT2D eigenvalue weighted by Crippen LogP contribution is 2.31. The molecule has 3 amide bonds. The summed E-state index contributed by atoms with van der Waals surface area (Å²) < 4.78 is 0. The Morgan fingerprint density at radius 3 is 2.44 bits per heavy atom. The van der Waals surface area contributed by atoms with E-state index in [0.717, 1.165) is 29.7 Å². The molecule has 2 heterocycles. The Morgan fingerprint density at radius 1 is 1.08 bits per heavy atom. The Labute approximate surface area is 147 Å². The smallest absolute Gasteiger partial charge is 0.231 e. The Bertz CT molecular complexity index is 733. The summed E-state index contributed by atoms with van der Waals surface area (Å²) in [7, 11) is 1.78. The number of benzene rings is 1. The van der Waals surface area contributed by atoms with Crippen LogP contribution < -0.4 is 4.90 Å². The molecule has 6 heteroatoms. The van der Waals surface area contributed by atoms with E-state index >= 15 is 0 Å². The van der Waals surface area contributed by atoms with Gasteiger partial charge in [0.15, 0.2) is 0 Å². The number of carbonyl (C=O) groups is 3. The molecule has 1 aromatic rings. The fourth-order valence-corrected chi connectivity index (χ4v) is 3.68. The number of likely N-dealkylation sites (N-methyl/N-ethyl adjacent to an activating group) is 1. The molecule has 132 valence electrons. The van der Waals surface area contributed by atoms with Crippen LogP contribution in [0.4, 0.5) is 5.69 Å². The van der Waals surface area contributed by atoms with Gasteiger partial charge in [-0.2, -0.15) is 0 Å². The van der Waals surface area contributed by atoms with Crippen LogP contribution >= 0.6 is 0 Å². The van der Waals surface area contributed by atoms with Gasteiger partial charge >= 0.3 is 0 Å². The van der Waals surface area contributed by atoms with Crippen molar-refractivity contribution in [1.82, 2.24) is 9.80 Å². The monoisotopic (exact) mass is 341 g/mol. The third-order valence-corrected chi connectivity index (χ3v) is 5.45. The van der Waals surface area contributed by atoms with Gasteiger partial charge in [0.25, 0.3) is 0 Å². The number of anilines is 1. The molecule has 6 nitrogen and oxygen atoms in total. The summed E-state index contributed by atoms with van der Waals surface area (Å²) in [5, 5.41) is 0. The molecule has 0 N–H and O–H groups in total. The van der Waals surface area contributed by atoms with Gasteiger partial charge in [-0.15, -0.1) is 0 Å². The molecule has 1 saturated carbocycles. The topological polar surface area (TPSA) is 60.9 Å². The third-order valence-electron chi connectivity index (χ3n) is 5.45. The molecule has 25 heavy (non-hydrogen) atoms. The zero-order chi connectivity index (χ0) is 17.6. The van der Waals surface area contributed by atoms with Crippen molar-refractivity contribution in [2.24, 2.45) is 5.92 Å². The summed E-state index contributed by atoms with van der Waals surface area (Å²) in [5.41, 5.74) is 2.88. The number of carbonyl (C=O) groups excluding carboxylic acids is 3. The Kier molecular flexibility index (Phi) is 3.98. The van der Waals surface area contributed by atoms with Crippen molar-refractivity contribution in [3.05, 3.63) is 29.3 Å². The molecule has 1 aliphatic carbocycles. The van der Waals surface area contributed by atoms with Crippen LogP contribution in [0.1, 0.15) is 24.0 Å². The van der Waals surface area contributed by atoms with E-state index in [2.05, 4.69) is 0 Å². The number of nitrogens with zero attached hydrogens (tertiary/aromatic N) is 3. The number of fused-ring (bicyclic) bond motifs is 1. The Hall–Kier alpha value is -2.37. The summed E-state index contributed by atoms with van der Waals surface area (Å²) in [6.07, 6.45) is 2.81. The van der Waals surface area contributed by atoms with Crippen molar-refractivity contribution >= 4 is 23.4 Å². The second-order valence-electron chi connectivity index (χ2n) is 7.25. The zero-order valence-corrected chi connectivity index (χ0v) is 14.5. The average Bonchev–Trinajstić information content (AvgIpc) is 3.42. The van der Waals surface area contributed by atoms with Crippen LogP contribution in [0.5, 0.6) is 0 Å². The SMILES string of the molecule is CN1C(=O)Cc2cc(CC(=O)N3CCN(C(=O)C4CC4)CC3)ccc21. The van der Waals surface area contributed by atoms with E-state index < -0.39 is 0 Å². The minimum atomic E-state index is 0.0925. The molecule has 1 aromatic carbocycles. The Morgan fingerprint density at radius 2 is 1.76 bits per heavy atom. The van der Waals surface area contributed by atoms with E-state index in [1.165, 1.54) is 0 Å². The zero-order valence-electron chi connectivity index (χ0n) is 14.5. The Balaban J connectivity index is 1.34. The van der Waals surface area contributed by atoms with Gasteiger partial charge in [0.2, 0.25) is 17.7 Å². The number of amides is 3. The van der Waals surface area contributed by atoms with Crippen molar-refractivity contribution in [2.75, 3.05) is 38.1 Å². The van der Waals surface area contributed by atoms with Gasteiger partial charge in [-0.1, -0.05) is 12.1 Å². The lowest BCUT2D eigenvalue weighted by Crippen LogP contribution is -2.51. The van der Waals surface area contributed by atoms with Gasteiger partial charge < -0.3 is 14.7 Å². The summed E-state index contributed by atoms with van der Waals surface area (Å²) >= 11 is 0. The molecule has 0 bridgehead atoms. The van der Waals surface area contributed by atoms with Crippen LogP contribution in [-0.4, -0.2) is 60.7 Å². The van der Waals surface area contributed by atoms with Gasteiger partial charge in [-0.25, -0.2) is 0 Å². The number of hydrogen-bond acceptors (Lipinski definition) is 3. The predicted molar refractivity (Wildman–Crippen MR) is 93.1 cm³/mol. The minimum Gasteiger partial charge on any atom is -0.339 e. The fourth-order valence-electron chi connectivity index (χ4n) is 3.68. The summed E-state index contributed by atoms with van der Waals surface area (Å²) in [6.45, 7) is 2.52. The summed E-state index contributed by atoms with van der Waals surface area (Å²) in [5.74, 6) is 0.695. The van der Waals surface area contributed by atoms with Crippen molar-refractivity contribution in [3.8, 4) is 0 Å². The van der Waals surface area contributed by atoms with Gasteiger partial charge in [0, 0.05) is 44.8 Å². The van der Waals surface area contributed by atoms with Crippen LogP contribution in [-0.2, 0) is 27.2 Å². The lowest BCUT2D eigenvalue weighted by atomic mass is 10.1. The number of rotatable bonds is 3. The number of piperazine rings is 1. The molecule has 3 aliphatic rings. The van der Waals surface area contributed by atoms with E-state index in [1.807, 2.05) is 28.0 Å². The van der Waals surface area contributed by atoms with E-state index in [0.29, 0.717) is 39.0 Å². The lowest BCUT2D eigenvalue weighted by Gasteiger charge is -2.35. The predicted octanol–water partition coefficient (Wildman–Crippen LogP) is 0.829. The molecular weight excluding hydrogens is 318 g/mol. The molecule has 2 fully saturated rings. The van der Waals surface area contributed by atoms with E-state index in [9.17, 15) is 14.4 Å². The first kappa shape index (κ1) is 16.1. The standard InChI is InChI=1S/C19H23N3O3/c1-20-16-5-2-13(10-15(16)12-17(20)23)11-18(24)21-6-8-22(9-7-21)19(25)14-3-4-14/h2,5,10,14H,3-4,6-9,11-12H2,1H3. The average molecular weight is 341 g/mol. The first-order chi connectivity index (χ1) is 12.0. The maximum atomic E-state index is 12.6. The van der Waals surface area contributed by atoms with Crippen molar-refractivity contribution < 1.29 is 14.4 Å². The van der Waals surface area contributed by atoms with Crippen molar-refractivity contribution in [1.29, 1.82) is 0 Å². The quantitative estimate of drug-likeness (QED) is 0.818. The van der Waals surface area contributed by atoms with Crippen molar-refractivity contribution in [2.45, 2.75) is 25.7 Å². The first-order valence-electron chi connectivity index (χ1n) is 8.98. The van der Waals surface area contributed by atoms with Crippen LogP contribution in [0.15, 0.2) is 18.2 Å². The lowest BCUT2D eigenvalue weighted by molar-refractivity contribution is -0.140. The molecule has 2 aliphatic heterocycles. The first-order valence-corrected chi connectivity index (χ1v) is 8.98. The van der Waals surface area contributed by atoms with Gasteiger partial charge in [0.1, 0.15) is 0 Å². The van der Waals surface area contributed by atoms with Gasteiger partial charge in [0.05, 0.1) is 12.8 Å². The summed E-state index contributed by atoms with van der Waals surface area (Å²) in [6, 6.07) is 5.83. The van der Waals surface area contributed by atoms with Crippen molar-refractivity contribution in [3.63, 3.8) is 0 Å². The fraction of sp³-hybridized carbons (Fsp3) is 0.526. The molecule has 4 rings (SSSR count). The molecule has 0 atom stereocenters. The molecule has 0 radical (unpaired) electrons. The van der Waals surface area contributed by atoms with E-state index in [-0.39, 0.29) is 23.6 Å². The molecule has 0 aromatic heterocycles. The van der Waals surface area contributed by atoms with Crippen LogP contribution in [0, 0.1) is 5.92 Å². The molecule has 0 unspecified atom stereocenters. The second kappa shape index (κ2) is 6.17. The second-order valence-corrected chi connectivity index (χ2v) is 7.25. The van der Waals surface area contributed by atoms with E-state index in [4.69, 9.17) is 0 Å². The van der Waals surface area contributed by atoms with Gasteiger partial charge in [-0.3, -0.25) is 14.4 Å². The maximum Gasteiger partial charge on any atom is 0.231 e. The van der Waals surface area contributed by atoms with Crippen LogP contribution in [0.3, 0.4) is 0 Å². The highest BCUT2D eigenvalue weighted by molar-refractivity contribution is 6.01. The third kappa shape index (κ3) is 3.13. The number of hydrogen-bond donors (Lipinski definition) is 0. The normalized spacial score (nSPS) is 20.0. The van der Waals surface area contributed by atoms with Gasteiger partial charge in [-0.05, 0) is 30.0 Å². The van der Waals surface area contributed by atoms with Crippen LogP contribution in [0.25, 0.3) is 0 Å².